The number of unbranched alkanes of at least 4 members (excludes halogenated alkanes) is 2. The third-order valence-electron chi connectivity index (χ3n) is 2.53. The fourth-order valence-corrected chi connectivity index (χ4v) is 1.54. The lowest BCUT2D eigenvalue weighted by molar-refractivity contribution is 0.142. The van der Waals surface area contributed by atoms with Crippen LogP contribution in [0, 0.1) is 0 Å². The van der Waals surface area contributed by atoms with Gasteiger partial charge < -0.3 is 9.31 Å². The average Bonchev–Trinajstić information content (AvgIpc) is 2.38. The van der Waals surface area contributed by atoms with E-state index in [2.05, 4.69) is 37.3 Å². The summed E-state index contributed by atoms with van der Waals surface area (Å²) in [6, 6.07) is 0. The Kier molecular flexibility index (Phi) is 8.70. The third kappa shape index (κ3) is 8.00. The van der Waals surface area contributed by atoms with Crippen molar-refractivity contribution < 1.29 is 9.31 Å². The zero-order valence-electron chi connectivity index (χ0n) is 10.8. The van der Waals surface area contributed by atoms with Crippen LogP contribution in [0.25, 0.3) is 0 Å². The van der Waals surface area contributed by atoms with Crippen LogP contribution in [0.15, 0.2) is 36.4 Å². The van der Waals surface area contributed by atoms with E-state index in [1.165, 1.54) is 19.3 Å². The minimum Gasteiger partial charge on any atom is -0.408 e. The van der Waals surface area contributed by atoms with Crippen LogP contribution in [-0.4, -0.2) is 20.3 Å². The molecule has 0 aromatic rings. The molecule has 0 atom stereocenters. The maximum absolute atomic E-state index is 5.40. The molecule has 0 saturated carbocycles. The van der Waals surface area contributed by atoms with E-state index in [-0.39, 0.29) is 7.12 Å². The van der Waals surface area contributed by atoms with Crippen molar-refractivity contribution in [3.63, 3.8) is 0 Å². The highest BCUT2D eigenvalue weighted by Crippen LogP contribution is 2.02. The van der Waals surface area contributed by atoms with E-state index in [0.717, 1.165) is 26.1 Å². The summed E-state index contributed by atoms with van der Waals surface area (Å²) < 4.78 is 10.8. The molecule has 94 valence electrons. The van der Waals surface area contributed by atoms with Crippen LogP contribution in [0.3, 0.4) is 0 Å². The van der Waals surface area contributed by atoms with Crippen molar-refractivity contribution in [1.29, 1.82) is 0 Å². The van der Waals surface area contributed by atoms with Gasteiger partial charge in [-0.05, 0) is 19.3 Å². The molecule has 17 heavy (non-hydrogen) atoms. The van der Waals surface area contributed by atoms with Crippen LogP contribution in [0.5, 0.6) is 0 Å². The Morgan fingerprint density at radius 3 is 2.59 bits per heavy atom. The second-order valence-electron chi connectivity index (χ2n) is 4.13. The quantitative estimate of drug-likeness (QED) is 0.380. The van der Waals surface area contributed by atoms with Crippen molar-refractivity contribution >= 4 is 7.12 Å². The number of allylic oxidation sites excluding steroid dienone is 5. The molecule has 0 radical (unpaired) electrons. The minimum atomic E-state index is -0.128. The van der Waals surface area contributed by atoms with Crippen molar-refractivity contribution in [1.82, 2.24) is 0 Å². The average molecular weight is 234 g/mol. The predicted molar refractivity (Wildman–Crippen MR) is 73.8 cm³/mol. The van der Waals surface area contributed by atoms with Crippen LogP contribution in [0.1, 0.15) is 39.0 Å². The molecule has 0 aromatic heterocycles. The van der Waals surface area contributed by atoms with Gasteiger partial charge in [0.25, 0.3) is 0 Å². The van der Waals surface area contributed by atoms with E-state index in [4.69, 9.17) is 9.31 Å². The Balaban J connectivity index is 2.03. The molecule has 1 heterocycles. The first-order valence-corrected chi connectivity index (χ1v) is 6.65. The Morgan fingerprint density at radius 2 is 1.82 bits per heavy atom. The zero-order valence-corrected chi connectivity index (χ0v) is 10.8. The van der Waals surface area contributed by atoms with Gasteiger partial charge in [0.1, 0.15) is 0 Å². The van der Waals surface area contributed by atoms with Gasteiger partial charge in [-0.1, -0.05) is 56.1 Å². The van der Waals surface area contributed by atoms with Gasteiger partial charge >= 0.3 is 7.12 Å². The molecule has 0 unspecified atom stereocenters. The molecule has 0 aromatic carbocycles. The van der Waals surface area contributed by atoms with Crippen molar-refractivity contribution in [3.8, 4) is 0 Å². The van der Waals surface area contributed by atoms with Gasteiger partial charge in [-0.15, -0.1) is 0 Å². The van der Waals surface area contributed by atoms with Crippen molar-refractivity contribution in [2.75, 3.05) is 13.2 Å². The predicted octanol–water partition coefficient (Wildman–Crippen LogP) is 3.70. The summed E-state index contributed by atoms with van der Waals surface area (Å²) in [5.41, 5.74) is 0. The smallest absolute Gasteiger partial charge is 0.408 e. The summed E-state index contributed by atoms with van der Waals surface area (Å²) in [6.07, 6.45) is 16.3. The second-order valence-corrected chi connectivity index (χ2v) is 4.13. The fraction of sp³-hybridized carbons (Fsp3) is 0.571. The van der Waals surface area contributed by atoms with E-state index in [0.29, 0.717) is 0 Å². The standard InChI is InChI=1S/C14H23BO2/c1-2-3-4-5-6-7-8-9-10-12-15-16-13-11-14-17-15/h5-8,10,12H,2-4,9,11,13-14H2,1H3/b6-5-,8-7-,12-10+. The largest absolute Gasteiger partial charge is 0.485 e. The van der Waals surface area contributed by atoms with Crippen LogP contribution in [0.4, 0.5) is 0 Å². The molecule has 0 amide bonds. The lowest BCUT2D eigenvalue weighted by Crippen LogP contribution is -2.27. The van der Waals surface area contributed by atoms with Crippen LogP contribution in [0.2, 0.25) is 0 Å². The van der Waals surface area contributed by atoms with Gasteiger partial charge in [0.05, 0.1) is 0 Å². The molecule has 0 N–H and O–H groups in total. The Morgan fingerprint density at radius 1 is 1.06 bits per heavy atom. The molecule has 2 nitrogen and oxygen atoms in total. The first-order chi connectivity index (χ1) is 8.43. The van der Waals surface area contributed by atoms with Crippen molar-refractivity contribution in [2.24, 2.45) is 0 Å². The monoisotopic (exact) mass is 234 g/mol. The molecule has 0 bridgehead atoms. The summed E-state index contributed by atoms with van der Waals surface area (Å²) in [5.74, 6) is 1.99. The van der Waals surface area contributed by atoms with E-state index in [9.17, 15) is 0 Å². The van der Waals surface area contributed by atoms with E-state index in [1.807, 2.05) is 5.98 Å². The summed E-state index contributed by atoms with van der Waals surface area (Å²) in [4.78, 5) is 0. The highest BCUT2D eigenvalue weighted by atomic mass is 16.6. The lowest BCUT2D eigenvalue weighted by atomic mass is 9.88. The van der Waals surface area contributed by atoms with Gasteiger partial charge in [0.2, 0.25) is 0 Å². The van der Waals surface area contributed by atoms with Crippen LogP contribution >= 0.6 is 0 Å². The topological polar surface area (TPSA) is 18.5 Å². The molecular weight excluding hydrogens is 211 g/mol. The molecule has 0 aliphatic carbocycles. The molecule has 1 saturated heterocycles. The summed E-state index contributed by atoms with van der Waals surface area (Å²) in [7, 11) is -0.128. The normalized spacial score (nSPS) is 17.8. The van der Waals surface area contributed by atoms with Gasteiger partial charge in [-0.2, -0.15) is 0 Å². The van der Waals surface area contributed by atoms with E-state index < -0.39 is 0 Å². The van der Waals surface area contributed by atoms with Gasteiger partial charge in [-0.3, -0.25) is 0 Å². The number of hydrogen-bond acceptors (Lipinski definition) is 2. The fourth-order valence-electron chi connectivity index (χ4n) is 1.54. The molecule has 3 heteroatoms. The highest BCUT2D eigenvalue weighted by Gasteiger charge is 2.16. The summed E-state index contributed by atoms with van der Waals surface area (Å²) in [6.45, 7) is 3.83. The van der Waals surface area contributed by atoms with E-state index in [1.54, 1.807) is 0 Å². The first-order valence-electron chi connectivity index (χ1n) is 6.65. The maximum Gasteiger partial charge on any atom is 0.485 e. The molecule has 1 aliphatic rings. The zero-order chi connectivity index (χ0) is 12.2. The van der Waals surface area contributed by atoms with Gasteiger partial charge in [-0.25, -0.2) is 0 Å². The first kappa shape index (κ1) is 14.3. The second kappa shape index (κ2) is 10.4. The van der Waals surface area contributed by atoms with E-state index >= 15 is 0 Å². The highest BCUT2D eigenvalue weighted by molar-refractivity contribution is 6.50. The Labute approximate surface area is 106 Å². The Hall–Kier alpha value is -0.795. The SMILES string of the molecule is CCCC/C=C\C=C/C/C=C/B1OCCCO1. The van der Waals surface area contributed by atoms with Crippen molar-refractivity contribution in [2.45, 2.75) is 39.0 Å². The molecular formula is C14H23BO2. The molecule has 1 fully saturated rings. The molecule has 1 aliphatic heterocycles. The lowest BCUT2D eigenvalue weighted by Gasteiger charge is -2.16. The van der Waals surface area contributed by atoms with Crippen LogP contribution in [-0.2, 0) is 9.31 Å². The molecule has 1 rings (SSSR count). The Bertz CT molecular complexity index is 253. The maximum atomic E-state index is 5.40. The minimum absolute atomic E-state index is 0.128. The van der Waals surface area contributed by atoms with Gasteiger partial charge in [0, 0.05) is 13.2 Å². The summed E-state index contributed by atoms with van der Waals surface area (Å²) in [5, 5.41) is 0. The number of rotatable bonds is 7. The van der Waals surface area contributed by atoms with Gasteiger partial charge in [0.15, 0.2) is 0 Å². The summed E-state index contributed by atoms with van der Waals surface area (Å²) >= 11 is 0. The van der Waals surface area contributed by atoms with Crippen LogP contribution < -0.4 is 0 Å². The third-order valence-corrected chi connectivity index (χ3v) is 2.53. The molecule has 0 spiro atoms. The number of hydrogen-bond donors (Lipinski definition) is 0. The van der Waals surface area contributed by atoms with Crippen molar-refractivity contribution in [3.05, 3.63) is 36.4 Å².